The molecule has 0 radical (unpaired) electrons. The van der Waals surface area contributed by atoms with Crippen molar-refractivity contribution in [2.75, 3.05) is 42.9 Å². The second-order valence-corrected chi connectivity index (χ2v) is 18.7. The van der Waals surface area contributed by atoms with E-state index in [1.165, 1.54) is 12.8 Å². The standard InChI is InChI=1S/C46H52N6O6S/c1-46(2,58)33-24-35-38(25-37(33)51-23-19-29-6-3-4-7-31(29)43(51)55)59-42(48-35)30-12-10-28(11-13-30)26-50-21-17-27(18-22-50)16-20-47-34-9-5-8-32-40(34)45(57)52(44(32)56)36-14-15-39(53)49-41(36)54/h3-9,24-25,27-28,30,36,47,58H,10-23,26H2,1-2H3,(H,49,53,54)/t28-,30-,36?. The van der Waals surface area contributed by atoms with E-state index in [1.54, 1.807) is 37.3 Å². The molecule has 59 heavy (non-hydrogen) atoms. The molecule has 12 nitrogen and oxygen atoms in total. The minimum Gasteiger partial charge on any atom is -0.386 e. The number of nitrogens with one attached hydrogen (secondary N) is 2. The number of carbonyl (C=O) groups excluding carboxylic acids is 5. The number of imide groups is 2. The predicted octanol–water partition coefficient (Wildman–Crippen LogP) is 6.62. The van der Waals surface area contributed by atoms with Crippen LogP contribution in [0.1, 0.15) is 125 Å². The van der Waals surface area contributed by atoms with Gasteiger partial charge in [-0.15, -0.1) is 11.3 Å². The van der Waals surface area contributed by atoms with E-state index in [4.69, 9.17) is 4.98 Å². The van der Waals surface area contributed by atoms with Gasteiger partial charge in [-0.05, 0) is 132 Å². The van der Waals surface area contributed by atoms with Crippen molar-refractivity contribution in [2.45, 2.75) is 95.6 Å². The summed E-state index contributed by atoms with van der Waals surface area (Å²) in [6.45, 7) is 8.10. The van der Waals surface area contributed by atoms with Crippen LogP contribution in [-0.4, -0.2) is 88.2 Å². The highest BCUT2D eigenvalue weighted by Gasteiger charge is 2.45. The van der Waals surface area contributed by atoms with Crippen molar-refractivity contribution in [3.8, 4) is 0 Å². The van der Waals surface area contributed by atoms with Crippen LogP contribution in [0.15, 0.2) is 54.6 Å². The third-order valence-electron chi connectivity index (χ3n) is 13.3. The molecule has 4 aromatic rings. The molecule has 4 aliphatic heterocycles. The first-order valence-corrected chi connectivity index (χ1v) is 22.1. The molecule has 1 aliphatic carbocycles. The number of aromatic nitrogens is 1. The van der Waals surface area contributed by atoms with Crippen LogP contribution in [0.5, 0.6) is 0 Å². The Labute approximate surface area is 348 Å². The van der Waals surface area contributed by atoms with Gasteiger partial charge in [0.15, 0.2) is 0 Å². The highest BCUT2D eigenvalue weighted by atomic mass is 32.1. The average molecular weight is 817 g/mol. The molecule has 3 N–H and O–H groups in total. The summed E-state index contributed by atoms with van der Waals surface area (Å²) >= 11 is 1.74. The molecule has 308 valence electrons. The zero-order valence-corrected chi connectivity index (χ0v) is 34.6. The molecular formula is C46H52N6O6S. The maximum atomic E-state index is 13.7. The number of piperidine rings is 2. The Hall–Kier alpha value is -4.98. The van der Waals surface area contributed by atoms with E-state index in [0.29, 0.717) is 47.7 Å². The molecule has 5 aliphatic rings. The number of hydrogen-bond acceptors (Lipinski definition) is 10. The first-order chi connectivity index (χ1) is 28.4. The van der Waals surface area contributed by atoms with Gasteiger partial charge in [0.1, 0.15) is 6.04 Å². The second-order valence-electron chi connectivity index (χ2n) is 17.7. The van der Waals surface area contributed by atoms with Gasteiger partial charge in [0.25, 0.3) is 17.7 Å². The fourth-order valence-electron chi connectivity index (χ4n) is 10.0. The highest BCUT2D eigenvalue weighted by Crippen LogP contribution is 2.43. The van der Waals surface area contributed by atoms with Gasteiger partial charge in [0, 0.05) is 48.8 Å². The minimum atomic E-state index is -1.13. The van der Waals surface area contributed by atoms with Gasteiger partial charge in [-0.25, -0.2) is 4.98 Å². The summed E-state index contributed by atoms with van der Waals surface area (Å²) in [5, 5.41) is 18.1. The first kappa shape index (κ1) is 39.5. The number of likely N-dealkylation sites (tertiary alicyclic amines) is 1. The zero-order chi connectivity index (χ0) is 41.0. The molecule has 0 spiro atoms. The van der Waals surface area contributed by atoms with Gasteiger partial charge in [0.2, 0.25) is 11.8 Å². The molecular weight excluding hydrogens is 765 g/mol. The van der Waals surface area contributed by atoms with Gasteiger partial charge < -0.3 is 20.2 Å². The van der Waals surface area contributed by atoms with Crippen LogP contribution in [0.2, 0.25) is 0 Å². The normalized spacial score (nSPS) is 23.2. The smallest absolute Gasteiger partial charge is 0.264 e. The Balaban J connectivity index is 0.758. The summed E-state index contributed by atoms with van der Waals surface area (Å²) in [6, 6.07) is 16.1. The molecule has 2 saturated heterocycles. The van der Waals surface area contributed by atoms with Gasteiger partial charge in [-0.2, -0.15) is 0 Å². The van der Waals surface area contributed by atoms with Crippen molar-refractivity contribution < 1.29 is 29.1 Å². The number of hydrogen-bond donors (Lipinski definition) is 3. The summed E-state index contributed by atoms with van der Waals surface area (Å²) < 4.78 is 1.06. The number of amides is 5. The van der Waals surface area contributed by atoms with Gasteiger partial charge in [0.05, 0.1) is 37.6 Å². The summed E-state index contributed by atoms with van der Waals surface area (Å²) in [4.78, 5) is 75.1. The number of rotatable bonds is 10. The van der Waals surface area contributed by atoms with Gasteiger partial charge in [-0.3, -0.25) is 34.2 Å². The molecule has 9 rings (SSSR count). The monoisotopic (exact) mass is 816 g/mol. The molecule has 5 amide bonds. The van der Waals surface area contributed by atoms with Crippen molar-refractivity contribution in [2.24, 2.45) is 11.8 Å². The Morgan fingerprint density at radius 2 is 1.59 bits per heavy atom. The van der Waals surface area contributed by atoms with Crippen molar-refractivity contribution in [3.05, 3.63) is 87.4 Å². The summed E-state index contributed by atoms with van der Waals surface area (Å²) in [5.74, 6) is -0.335. The Morgan fingerprint density at radius 1 is 0.831 bits per heavy atom. The van der Waals surface area contributed by atoms with Crippen LogP contribution >= 0.6 is 11.3 Å². The van der Waals surface area contributed by atoms with E-state index in [2.05, 4.69) is 21.6 Å². The average Bonchev–Trinajstić information content (AvgIpc) is 3.76. The Kier molecular flexibility index (Phi) is 10.6. The molecule has 13 heteroatoms. The van der Waals surface area contributed by atoms with Crippen LogP contribution < -0.4 is 15.5 Å². The van der Waals surface area contributed by atoms with Crippen LogP contribution in [-0.2, 0) is 21.6 Å². The van der Waals surface area contributed by atoms with E-state index in [0.717, 1.165) is 101 Å². The predicted molar refractivity (Wildman–Crippen MR) is 227 cm³/mol. The topological polar surface area (TPSA) is 152 Å². The molecule has 0 bridgehead atoms. The van der Waals surface area contributed by atoms with Crippen molar-refractivity contribution >= 4 is 62.5 Å². The van der Waals surface area contributed by atoms with E-state index < -0.39 is 29.4 Å². The van der Waals surface area contributed by atoms with Crippen molar-refractivity contribution in [3.63, 3.8) is 0 Å². The fraction of sp³-hybridized carbons (Fsp3) is 0.478. The van der Waals surface area contributed by atoms with Gasteiger partial charge in [-0.1, -0.05) is 24.3 Å². The number of aliphatic hydroxyl groups is 1. The van der Waals surface area contributed by atoms with Crippen LogP contribution in [0, 0.1) is 11.8 Å². The van der Waals surface area contributed by atoms with Gasteiger partial charge >= 0.3 is 0 Å². The summed E-state index contributed by atoms with van der Waals surface area (Å²) in [6.07, 6.45) is 8.80. The maximum absolute atomic E-state index is 13.7. The van der Waals surface area contributed by atoms with E-state index in [1.807, 2.05) is 41.3 Å². The molecule has 1 aromatic heterocycles. The van der Waals surface area contributed by atoms with Crippen LogP contribution in [0.25, 0.3) is 10.2 Å². The third kappa shape index (κ3) is 7.68. The van der Waals surface area contributed by atoms with E-state index in [9.17, 15) is 29.1 Å². The van der Waals surface area contributed by atoms with Crippen LogP contribution in [0.3, 0.4) is 0 Å². The first-order valence-electron chi connectivity index (χ1n) is 21.3. The lowest BCUT2D eigenvalue weighted by atomic mass is 9.81. The number of anilines is 2. The highest BCUT2D eigenvalue weighted by molar-refractivity contribution is 7.18. The summed E-state index contributed by atoms with van der Waals surface area (Å²) in [7, 11) is 0. The number of benzene rings is 3. The third-order valence-corrected chi connectivity index (χ3v) is 14.5. The molecule has 1 saturated carbocycles. The zero-order valence-electron chi connectivity index (χ0n) is 33.8. The number of fused-ring (bicyclic) bond motifs is 3. The Bertz CT molecular complexity index is 2340. The summed E-state index contributed by atoms with van der Waals surface area (Å²) in [5.41, 5.74) is 4.27. The second kappa shape index (κ2) is 15.9. The largest absolute Gasteiger partial charge is 0.386 e. The molecule has 3 aromatic carbocycles. The quantitative estimate of drug-likeness (QED) is 0.150. The molecule has 3 fully saturated rings. The van der Waals surface area contributed by atoms with E-state index >= 15 is 0 Å². The maximum Gasteiger partial charge on any atom is 0.264 e. The number of carbonyl (C=O) groups is 5. The van der Waals surface area contributed by atoms with Crippen molar-refractivity contribution in [1.82, 2.24) is 20.1 Å². The molecule has 5 heterocycles. The fourth-order valence-corrected chi connectivity index (χ4v) is 11.2. The Morgan fingerprint density at radius 3 is 2.36 bits per heavy atom. The SMILES string of the molecule is CC(C)(O)c1cc2nc([C@H]3CC[C@H](CN4CCC(CCNc5cccc6c5C(=O)N(C5CCC(=O)NC5=O)C6=O)CC4)CC3)sc2cc1N1CCc2ccccc2C1=O. The van der Waals surface area contributed by atoms with Crippen molar-refractivity contribution in [1.29, 1.82) is 0 Å². The number of nitrogens with zero attached hydrogens (tertiary/aromatic N) is 4. The van der Waals surface area contributed by atoms with Crippen LogP contribution in [0.4, 0.5) is 11.4 Å². The molecule has 1 atom stereocenters. The number of thiazole rings is 1. The lowest BCUT2D eigenvalue weighted by Crippen LogP contribution is -2.54. The van der Waals surface area contributed by atoms with E-state index in [-0.39, 0.29) is 24.7 Å². The lowest BCUT2D eigenvalue weighted by molar-refractivity contribution is -0.136. The minimum absolute atomic E-state index is 0.0203. The molecule has 1 unspecified atom stereocenters. The lowest BCUT2D eigenvalue weighted by Gasteiger charge is -2.36.